The molecule has 1 atom stereocenters. The van der Waals surface area contributed by atoms with Crippen LogP contribution in [0.2, 0.25) is 0 Å². The molecule has 0 aromatic heterocycles. The summed E-state index contributed by atoms with van der Waals surface area (Å²) >= 11 is 3.26. The first kappa shape index (κ1) is 11.6. The SMILES string of the molecule is CCC(Cc1cc(F)cc(Br)c1)NN. The molecular weight excluding hydrogens is 247 g/mol. The molecule has 0 saturated heterocycles. The number of benzene rings is 1. The second-order valence-electron chi connectivity index (χ2n) is 3.25. The van der Waals surface area contributed by atoms with Crippen molar-refractivity contribution in [2.75, 3.05) is 0 Å². The van der Waals surface area contributed by atoms with Crippen LogP contribution in [0.15, 0.2) is 22.7 Å². The summed E-state index contributed by atoms with van der Waals surface area (Å²) in [5.41, 5.74) is 3.65. The summed E-state index contributed by atoms with van der Waals surface area (Å²) in [6.07, 6.45) is 1.66. The normalized spacial score (nSPS) is 12.9. The van der Waals surface area contributed by atoms with Crippen molar-refractivity contribution in [1.29, 1.82) is 0 Å². The first-order valence-corrected chi connectivity index (χ1v) is 5.36. The highest BCUT2D eigenvalue weighted by atomic mass is 79.9. The quantitative estimate of drug-likeness (QED) is 0.645. The van der Waals surface area contributed by atoms with Gasteiger partial charge in [0.1, 0.15) is 5.82 Å². The summed E-state index contributed by atoms with van der Waals surface area (Å²) < 4.78 is 13.8. The third-order valence-electron chi connectivity index (χ3n) is 2.13. The lowest BCUT2D eigenvalue weighted by atomic mass is 10.0. The lowest BCUT2D eigenvalue weighted by molar-refractivity contribution is 0.509. The first-order chi connectivity index (χ1) is 6.65. The molecule has 0 amide bonds. The number of hydrazine groups is 1. The second kappa shape index (κ2) is 5.44. The molecule has 1 rings (SSSR count). The van der Waals surface area contributed by atoms with Crippen LogP contribution >= 0.6 is 15.9 Å². The molecule has 0 heterocycles. The predicted molar refractivity (Wildman–Crippen MR) is 59.2 cm³/mol. The molecule has 0 aliphatic rings. The third kappa shape index (κ3) is 3.36. The molecule has 2 nitrogen and oxygen atoms in total. The van der Waals surface area contributed by atoms with Crippen LogP contribution in [0.25, 0.3) is 0 Å². The van der Waals surface area contributed by atoms with Crippen molar-refractivity contribution in [2.45, 2.75) is 25.8 Å². The summed E-state index contributed by atoms with van der Waals surface area (Å²) in [6, 6.07) is 5.08. The summed E-state index contributed by atoms with van der Waals surface area (Å²) in [5, 5.41) is 0. The Labute approximate surface area is 91.8 Å². The van der Waals surface area contributed by atoms with E-state index in [9.17, 15) is 4.39 Å². The number of nitrogens with one attached hydrogen (secondary N) is 1. The van der Waals surface area contributed by atoms with Gasteiger partial charge in [-0.2, -0.15) is 0 Å². The molecular formula is C10H14BrFN2. The van der Waals surface area contributed by atoms with E-state index in [1.54, 1.807) is 0 Å². The molecule has 0 spiro atoms. The Morgan fingerprint density at radius 2 is 2.21 bits per heavy atom. The molecule has 78 valence electrons. The molecule has 0 bridgehead atoms. The van der Waals surface area contributed by atoms with Gasteiger partial charge in [0.25, 0.3) is 0 Å². The Bertz CT molecular complexity index is 280. The maximum Gasteiger partial charge on any atom is 0.124 e. The maximum atomic E-state index is 13.0. The number of hydrogen-bond donors (Lipinski definition) is 2. The van der Waals surface area contributed by atoms with E-state index >= 15 is 0 Å². The molecule has 0 saturated carbocycles. The summed E-state index contributed by atoms with van der Waals surface area (Å²) in [5.74, 6) is 5.13. The van der Waals surface area contributed by atoms with Crippen LogP contribution < -0.4 is 11.3 Å². The lowest BCUT2D eigenvalue weighted by Gasteiger charge is -2.13. The molecule has 3 N–H and O–H groups in total. The van der Waals surface area contributed by atoms with Crippen molar-refractivity contribution in [1.82, 2.24) is 5.43 Å². The van der Waals surface area contributed by atoms with Gasteiger partial charge in [-0.05, 0) is 36.6 Å². The van der Waals surface area contributed by atoms with Crippen molar-refractivity contribution in [2.24, 2.45) is 5.84 Å². The third-order valence-corrected chi connectivity index (χ3v) is 2.59. The predicted octanol–water partition coefficient (Wildman–Crippen LogP) is 2.37. The molecule has 0 aliphatic heterocycles. The molecule has 0 aliphatic carbocycles. The summed E-state index contributed by atoms with van der Waals surface area (Å²) in [7, 11) is 0. The zero-order chi connectivity index (χ0) is 10.6. The van der Waals surface area contributed by atoms with Crippen LogP contribution in [0, 0.1) is 5.82 Å². The molecule has 1 unspecified atom stereocenters. The van der Waals surface area contributed by atoms with Crippen LogP contribution in [0.1, 0.15) is 18.9 Å². The number of hydrogen-bond acceptors (Lipinski definition) is 2. The molecule has 14 heavy (non-hydrogen) atoms. The van der Waals surface area contributed by atoms with E-state index in [0.717, 1.165) is 22.9 Å². The van der Waals surface area contributed by atoms with Gasteiger partial charge < -0.3 is 0 Å². The van der Waals surface area contributed by atoms with Crippen molar-refractivity contribution in [3.63, 3.8) is 0 Å². The molecule has 0 radical (unpaired) electrons. The Kier molecular flexibility index (Phi) is 4.51. The zero-order valence-corrected chi connectivity index (χ0v) is 9.64. The molecule has 1 aromatic carbocycles. The van der Waals surface area contributed by atoms with E-state index in [-0.39, 0.29) is 11.9 Å². The highest BCUT2D eigenvalue weighted by Crippen LogP contribution is 2.16. The van der Waals surface area contributed by atoms with E-state index < -0.39 is 0 Å². The van der Waals surface area contributed by atoms with Crippen molar-refractivity contribution >= 4 is 15.9 Å². The van der Waals surface area contributed by atoms with Crippen LogP contribution in [-0.4, -0.2) is 6.04 Å². The van der Waals surface area contributed by atoms with E-state index in [1.165, 1.54) is 12.1 Å². The largest absolute Gasteiger partial charge is 0.271 e. The molecule has 1 aromatic rings. The average Bonchev–Trinajstić information content (AvgIpc) is 2.12. The summed E-state index contributed by atoms with van der Waals surface area (Å²) in [6.45, 7) is 2.04. The van der Waals surface area contributed by atoms with Crippen molar-refractivity contribution in [3.05, 3.63) is 34.1 Å². The minimum absolute atomic E-state index is 0.198. The van der Waals surface area contributed by atoms with Gasteiger partial charge in [-0.1, -0.05) is 22.9 Å². The van der Waals surface area contributed by atoms with E-state index in [0.29, 0.717) is 0 Å². The first-order valence-electron chi connectivity index (χ1n) is 4.56. The zero-order valence-electron chi connectivity index (χ0n) is 8.06. The van der Waals surface area contributed by atoms with Gasteiger partial charge in [-0.15, -0.1) is 0 Å². The van der Waals surface area contributed by atoms with E-state index in [1.807, 2.05) is 13.0 Å². The minimum Gasteiger partial charge on any atom is -0.271 e. The van der Waals surface area contributed by atoms with Crippen molar-refractivity contribution in [3.8, 4) is 0 Å². The number of halogens is 2. The monoisotopic (exact) mass is 260 g/mol. The van der Waals surface area contributed by atoms with Gasteiger partial charge in [-0.3, -0.25) is 11.3 Å². The lowest BCUT2D eigenvalue weighted by Crippen LogP contribution is -2.36. The smallest absolute Gasteiger partial charge is 0.124 e. The Morgan fingerprint density at radius 1 is 1.50 bits per heavy atom. The van der Waals surface area contributed by atoms with Gasteiger partial charge in [0.2, 0.25) is 0 Å². The Hall–Kier alpha value is -0.450. The van der Waals surface area contributed by atoms with Gasteiger partial charge in [0.05, 0.1) is 0 Å². The second-order valence-corrected chi connectivity index (χ2v) is 4.17. The summed E-state index contributed by atoms with van der Waals surface area (Å²) in [4.78, 5) is 0. The number of rotatable bonds is 4. The van der Waals surface area contributed by atoms with E-state index in [2.05, 4.69) is 21.4 Å². The highest BCUT2D eigenvalue weighted by molar-refractivity contribution is 9.10. The molecule has 4 heteroatoms. The van der Waals surface area contributed by atoms with E-state index in [4.69, 9.17) is 5.84 Å². The van der Waals surface area contributed by atoms with Crippen LogP contribution in [0.5, 0.6) is 0 Å². The highest BCUT2D eigenvalue weighted by Gasteiger charge is 2.06. The maximum absolute atomic E-state index is 13.0. The average molecular weight is 261 g/mol. The van der Waals surface area contributed by atoms with Crippen LogP contribution in [-0.2, 0) is 6.42 Å². The fraction of sp³-hybridized carbons (Fsp3) is 0.400. The Balaban J connectivity index is 2.75. The minimum atomic E-state index is -0.221. The van der Waals surface area contributed by atoms with Crippen LogP contribution in [0.4, 0.5) is 4.39 Å². The Morgan fingerprint density at radius 3 is 2.71 bits per heavy atom. The van der Waals surface area contributed by atoms with Gasteiger partial charge in [0.15, 0.2) is 0 Å². The topological polar surface area (TPSA) is 38.0 Å². The van der Waals surface area contributed by atoms with Gasteiger partial charge >= 0.3 is 0 Å². The van der Waals surface area contributed by atoms with Gasteiger partial charge in [0, 0.05) is 10.5 Å². The number of nitrogens with two attached hydrogens (primary N) is 1. The van der Waals surface area contributed by atoms with Gasteiger partial charge in [-0.25, -0.2) is 4.39 Å². The fourth-order valence-corrected chi connectivity index (χ4v) is 1.85. The fourth-order valence-electron chi connectivity index (χ4n) is 1.33. The van der Waals surface area contributed by atoms with Crippen LogP contribution in [0.3, 0.4) is 0 Å². The van der Waals surface area contributed by atoms with Crippen molar-refractivity contribution < 1.29 is 4.39 Å². The standard InChI is InChI=1S/C10H14BrFN2/c1-2-10(14-13)5-7-3-8(11)6-9(12)4-7/h3-4,6,10,14H,2,5,13H2,1H3. The molecule has 0 fully saturated rings.